The Balaban J connectivity index is 1.51. The molecule has 0 saturated carbocycles. The number of carbonyl (C=O) groups is 2. The molecular formula is C19H19N3O3. The molecule has 2 heterocycles. The summed E-state index contributed by atoms with van der Waals surface area (Å²) < 4.78 is 6.83. The van der Waals surface area contributed by atoms with E-state index in [-0.39, 0.29) is 30.6 Å². The van der Waals surface area contributed by atoms with E-state index in [4.69, 9.17) is 4.42 Å². The fraction of sp³-hybridized carbons (Fsp3) is 0.211. The van der Waals surface area contributed by atoms with Crippen molar-refractivity contribution in [3.8, 4) is 5.69 Å². The molecule has 3 aromatic rings. The van der Waals surface area contributed by atoms with E-state index in [2.05, 4.69) is 10.4 Å². The average Bonchev–Trinajstić information content (AvgIpc) is 3.29. The van der Waals surface area contributed by atoms with Crippen LogP contribution in [0.25, 0.3) is 5.69 Å². The second-order valence-electron chi connectivity index (χ2n) is 5.87. The lowest BCUT2D eigenvalue weighted by atomic mass is 10.1. The van der Waals surface area contributed by atoms with Gasteiger partial charge in [0.25, 0.3) is 0 Å². The van der Waals surface area contributed by atoms with Crippen molar-refractivity contribution in [2.24, 2.45) is 0 Å². The molecule has 1 N–H and O–H groups in total. The van der Waals surface area contributed by atoms with Crippen molar-refractivity contribution in [2.75, 3.05) is 0 Å². The van der Waals surface area contributed by atoms with E-state index in [0.717, 1.165) is 11.3 Å². The molecule has 6 heteroatoms. The summed E-state index contributed by atoms with van der Waals surface area (Å²) in [4.78, 5) is 24.1. The maximum atomic E-state index is 12.1. The largest absolute Gasteiger partial charge is 0.461 e. The zero-order valence-corrected chi connectivity index (χ0v) is 13.9. The summed E-state index contributed by atoms with van der Waals surface area (Å²) in [5, 5.41) is 7.01. The van der Waals surface area contributed by atoms with Crippen LogP contribution in [-0.4, -0.2) is 27.5 Å². The van der Waals surface area contributed by atoms with Gasteiger partial charge >= 0.3 is 0 Å². The van der Waals surface area contributed by atoms with Crippen LogP contribution in [-0.2, 0) is 11.2 Å². The Labute approximate surface area is 145 Å². The molecule has 3 rings (SSSR count). The third-order valence-corrected chi connectivity index (χ3v) is 3.76. The van der Waals surface area contributed by atoms with Crippen LogP contribution in [0, 0.1) is 0 Å². The predicted octanol–water partition coefficient (Wildman–Crippen LogP) is 2.79. The van der Waals surface area contributed by atoms with Crippen molar-refractivity contribution in [2.45, 2.75) is 25.8 Å². The molecule has 0 aliphatic heterocycles. The Morgan fingerprint density at radius 2 is 2.00 bits per heavy atom. The lowest BCUT2D eigenvalue weighted by Crippen LogP contribution is -2.35. The van der Waals surface area contributed by atoms with Gasteiger partial charge in [-0.3, -0.25) is 9.59 Å². The van der Waals surface area contributed by atoms with Crippen LogP contribution in [0.2, 0.25) is 0 Å². The fourth-order valence-corrected chi connectivity index (χ4v) is 2.57. The molecule has 0 fully saturated rings. The SMILES string of the molecule is C[C@H](CC(=O)c1ccco1)NC(=O)Cc1ccc(-n2cccn2)cc1. The minimum Gasteiger partial charge on any atom is -0.461 e. The molecule has 0 saturated heterocycles. The van der Waals surface area contributed by atoms with Crippen LogP contribution in [0.5, 0.6) is 0 Å². The molecule has 25 heavy (non-hydrogen) atoms. The lowest BCUT2D eigenvalue weighted by molar-refractivity contribution is -0.121. The van der Waals surface area contributed by atoms with E-state index < -0.39 is 0 Å². The summed E-state index contributed by atoms with van der Waals surface area (Å²) in [5.74, 6) is 0.0725. The van der Waals surface area contributed by atoms with E-state index in [1.54, 1.807) is 29.9 Å². The van der Waals surface area contributed by atoms with E-state index in [1.807, 2.05) is 36.5 Å². The highest BCUT2D eigenvalue weighted by atomic mass is 16.3. The lowest BCUT2D eigenvalue weighted by Gasteiger charge is -2.12. The Morgan fingerprint density at radius 3 is 2.64 bits per heavy atom. The molecule has 0 spiro atoms. The van der Waals surface area contributed by atoms with Gasteiger partial charge in [-0.15, -0.1) is 0 Å². The summed E-state index contributed by atoms with van der Waals surface area (Å²) >= 11 is 0. The number of hydrogen-bond acceptors (Lipinski definition) is 4. The number of benzene rings is 1. The maximum Gasteiger partial charge on any atom is 0.224 e. The molecule has 6 nitrogen and oxygen atoms in total. The number of nitrogens with zero attached hydrogens (tertiary/aromatic N) is 2. The first kappa shape index (κ1) is 16.7. The van der Waals surface area contributed by atoms with Gasteiger partial charge in [0, 0.05) is 24.9 Å². The van der Waals surface area contributed by atoms with Gasteiger partial charge in [-0.2, -0.15) is 5.10 Å². The van der Waals surface area contributed by atoms with Gasteiger partial charge in [0.05, 0.1) is 18.4 Å². The van der Waals surface area contributed by atoms with Crippen molar-refractivity contribution < 1.29 is 14.0 Å². The summed E-state index contributed by atoms with van der Waals surface area (Å²) in [5.41, 5.74) is 1.84. The second kappa shape index (κ2) is 7.61. The molecule has 1 aromatic carbocycles. The van der Waals surface area contributed by atoms with E-state index in [0.29, 0.717) is 5.76 Å². The van der Waals surface area contributed by atoms with Gasteiger partial charge in [-0.25, -0.2) is 4.68 Å². The highest BCUT2D eigenvalue weighted by Gasteiger charge is 2.15. The maximum absolute atomic E-state index is 12.1. The molecule has 128 valence electrons. The zero-order chi connectivity index (χ0) is 17.6. The van der Waals surface area contributed by atoms with E-state index in [1.165, 1.54) is 6.26 Å². The monoisotopic (exact) mass is 337 g/mol. The zero-order valence-electron chi connectivity index (χ0n) is 13.9. The van der Waals surface area contributed by atoms with Crippen molar-refractivity contribution in [3.05, 3.63) is 72.4 Å². The van der Waals surface area contributed by atoms with Gasteiger partial charge in [0.2, 0.25) is 5.91 Å². The van der Waals surface area contributed by atoms with E-state index >= 15 is 0 Å². The van der Waals surface area contributed by atoms with Crippen molar-refractivity contribution in [1.82, 2.24) is 15.1 Å². The van der Waals surface area contributed by atoms with Crippen LogP contribution in [0.4, 0.5) is 0 Å². The first-order valence-electron chi connectivity index (χ1n) is 8.07. The summed E-state index contributed by atoms with van der Waals surface area (Å²) in [6.07, 6.45) is 5.51. The van der Waals surface area contributed by atoms with Gasteiger partial charge < -0.3 is 9.73 Å². The Hall–Kier alpha value is -3.15. The molecule has 0 aliphatic rings. The molecule has 1 amide bonds. The van der Waals surface area contributed by atoms with Crippen molar-refractivity contribution >= 4 is 11.7 Å². The number of hydrogen-bond donors (Lipinski definition) is 1. The molecule has 1 atom stereocenters. The van der Waals surface area contributed by atoms with Crippen LogP contribution in [0.3, 0.4) is 0 Å². The van der Waals surface area contributed by atoms with Gasteiger partial charge in [0.15, 0.2) is 11.5 Å². The van der Waals surface area contributed by atoms with Crippen LogP contribution in [0.1, 0.15) is 29.5 Å². The van der Waals surface area contributed by atoms with Gasteiger partial charge in [-0.1, -0.05) is 12.1 Å². The molecule has 2 aromatic heterocycles. The summed E-state index contributed by atoms with van der Waals surface area (Å²) in [6, 6.07) is 12.5. The number of ketones is 1. The first-order chi connectivity index (χ1) is 12.1. The van der Waals surface area contributed by atoms with E-state index in [9.17, 15) is 9.59 Å². The van der Waals surface area contributed by atoms with Crippen LogP contribution in [0.15, 0.2) is 65.5 Å². The summed E-state index contributed by atoms with van der Waals surface area (Å²) in [6.45, 7) is 1.81. The van der Waals surface area contributed by atoms with Crippen LogP contribution >= 0.6 is 0 Å². The van der Waals surface area contributed by atoms with Crippen molar-refractivity contribution in [1.29, 1.82) is 0 Å². The summed E-state index contributed by atoms with van der Waals surface area (Å²) in [7, 11) is 0. The topological polar surface area (TPSA) is 77.1 Å². The smallest absolute Gasteiger partial charge is 0.224 e. The highest BCUT2D eigenvalue weighted by molar-refractivity contribution is 5.94. The number of nitrogens with one attached hydrogen (secondary N) is 1. The minimum atomic E-state index is -0.256. The number of aromatic nitrogens is 2. The Kier molecular flexibility index (Phi) is 5.09. The Morgan fingerprint density at radius 1 is 1.20 bits per heavy atom. The van der Waals surface area contributed by atoms with Gasteiger partial charge in [0.1, 0.15) is 0 Å². The van der Waals surface area contributed by atoms with Gasteiger partial charge in [-0.05, 0) is 42.8 Å². The fourth-order valence-electron chi connectivity index (χ4n) is 2.57. The number of rotatable bonds is 7. The number of carbonyl (C=O) groups excluding carboxylic acids is 2. The molecule has 0 radical (unpaired) electrons. The standard InChI is InChI=1S/C19H19N3O3/c1-14(12-17(23)18-4-2-11-25-18)21-19(24)13-15-5-7-16(8-6-15)22-10-3-9-20-22/h2-11,14H,12-13H2,1H3,(H,21,24)/t14-/m1/s1. The third-order valence-electron chi connectivity index (χ3n) is 3.76. The molecule has 0 aliphatic carbocycles. The highest BCUT2D eigenvalue weighted by Crippen LogP contribution is 2.10. The molecular weight excluding hydrogens is 318 g/mol. The van der Waals surface area contributed by atoms with Crippen molar-refractivity contribution in [3.63, 3.8) is 0 Å². The predicted molar refractivity (Wildman–Crippen MR) is 92.5 cm³/mol. The normalized spacial score (nSPS) is 11.9. The number of Topliss-reactive ketones (excluding diaryl/α,β-unsaturated/α-hetero) is 1. The second-order valence-corrected chi connectivity index (χ2v) is 5.87. The Bertz CT molecular complexity index is 821. The first-order valence-corrected chi connectivity index (χ1v) is 8.07. The molecule has 0 unspecified atom stereocenters. The average molecular weight is 337 g/mol. The quantitative estimate of drug-likeness (QED) is 0.673. The minimum absolute atomic E-state index is 0.119. The number of amides is 1. The third kappa shape index (κ3) is 4.44. The van der Waals surface area contributed by atoms with Crippen LogP contribution < -0.4 is 5.32 Å². The number of furan rings is 1. The molecule has 0 bridgehead atoms.